The Morgan fingerprint density at radius 1 is 1.19 bits per heavy atom. The maximum atomic E-state index is 13.4. The van der Waals surface area contributed by atoms with Crippen molar-refractivity contribution in [2.45, 2.75) is 36.5 Å². The predicted octanol–water partition coefficient (Wildman–Crippen LogP) is -2.54. The van der Waals surface area contributed by atoms with Gasteiger partial charge in [0.15, 0.2) is 6.23 Å². The quantitative estimate of drug-likeness (QED) is 0.161. The number of H-pyrrole nitrogens is 1. The molecule has 0 saturated carbocycles. The second kappa shape index (κ2) is 8.92. The van der Waals surface area contributed by atoms with Crippen molar-refractivity contribution in [1.82, 2.24) is 9.55 Å². The number of aromatic nitrogens is 2. The van der Waals surface area contributed by atoms with E-state index in [1.54, 1.807) is 4.98 Å². The van der Waals surface area contributed by atoms with Crippen molar-refractivity contribution >= 4 is 23.0 Å². The van der Waals surface area contributed by atoms with Gasteiger partial charge in [-0.2, -0.15) is 4.39 Å². The number of aliphatic hydroxyl groups excluding tert-OH is 2. The molecule has 0 radical (unpaired) electrons. The van der Waals surface area contributed by atoms with Crippen molar-refractivity contribution in [2.24, 2.45) is 0 Å². The molecule has 0 bridgehead atoms. The second-order valence-electron chi connectivity index (χ2n) is 6.57. The standard InChI is InChI=1S/C11H18FN2O15P3/c1-11(19,30(20,21)22)31(23,24)29-32(25,26)27-3-5-6(15)7(16)9(28-5)14-2-4(12)8(17)13-10(14)18/h2,5-7,9,15-16,19H,3H2,1H3,(H,23,24)(H,25,26)(H,13,17,18)(H2,20,21,22)/t5-,6-,7-,9-,11?/m1/s1. The van der Waals surface area contributed by atoms with Gasteiger partial charge < -0.3 is 39.6 Å². The van der Waals surface area contributed by atoms with Crippen LogP contribution in [0.5, 0.6) is 0 Å². The van der Waals surface area contributed by atoms with Gasteiger partial charge in [-0.25, -0.2) is 13.7 Å². The van der Waals surface area contributed by atoms with Crippen molar-refractivity contribution < 1.29 is 66.6 Å². The SMILES string of the molecule is CC(O)(P(=O)(O)O)P(=O)(O)OP(=O)(O)OC[C@H]1O[C@@H](n2cc(F)c(=O)[nH]c2=O)[C@H](O)[C@@H]1O. The highest BCUT2D eigenvalue weighted by molar-refractivity contribution is 7.75. The number of hydrogen-bond donors (Lipinski definition) is 8. The van der Waals surface area contributed by atoms with Crippen molar-refractivity contribution in [3.63, 3.8) is 0 Å². The van der Waals surface area contributed by atoms with Gasteiger partial charge in [-0.15, -0.1) is 0 Å². The number of aromatic amines is 1. The largest absolute Gasteiger partial charge is 0.479 e. The lowest BCUT2D eigenvalue weighted by Gasteiger charge is -2.29. The summed E-state index contributed by atoms with van der Waals surface area (Å²) in [7, 11) is -17.3. The van der Waals surface area contributed by atoms with Gasteiger partial charge in [-0.05, 0) is 6.92 Å². The number of nitrogens with one attached hydrogen (secondary N) is 1. The van der Waals surface area contributed by atoms with Crippen LogP contribution in [0.25, 0.3) is 0 Å². The van der Waals surface area contributed by atoms with Crippen LogP contribution in [0.3, 0.4) is 0 Å². The molecule has 0 spiro atoms. The Kier molecular flexibility index (Phi) is 7.57. The summed E-state index contributed by atoms with van der Waals surface area (Å²) in [4.78, 5) is 61.3. The molecule has 32 heavy (non-hydrogen) atoms. The minimum atomic E-state index is -5.92. The van der Waals surface area contributed by atoms with E-state index in [0.717, 1.165) is 0 Å². The van der Waals surface area contributed by atoms with E-state index in [2.05, 4.69) is 8.83 Å². The third-order valence-electron chi connectivity index (χ3n) is 4.24. The van der Waals surface area contributed by atoms with Gasteiger partial charge in [0.2, 0.25) is 5.82 Å². The number of hydrogen-bond acceptors (Lipinski definition) is 11. The van der Waals surface area contributed by atoms with Crippen LogP contribution in [0.2, 0.25) is 0 Å². The monoisotopic (exact) mass is 530 g/mol. The number of ether oxygens (including phenoxy) is 1. The Hall–Kier alpha value is -1.10. The molecule has 7 atom stereocenters. The first-order valence-corrected chi connectivity index (χ1v) is 12.8. The maximum absolute atomic E-state index is 13.4. The first-order chi connectivity index (χ1) is 14.3. The summed E-state index contributed by atoms with van der Waals surface area (Å²) in [6.45, 7) is -1.01. The number of nitrogens with zero attached hydrogens (tertiary/aromatic N) is 1. The molecule has 21 heteroatoms. The van der Waals surface area contributed by atoms with E-state index in [1.165, 1.54) is 0 Å². The molecule has 0 aliphatic carbocycles. The van der Waals surface area contributed by atoms with E-state index < -0.39 is 76.3 Å². The van der Waals surface area contributed by atoms with Crippen molar-refractivity contribution in [3.05, 3.63) is 32.9 Å². The van der Waals surface area contributed by atoms with Crippen LogP contribution < -0.4 is 11.2 Å². The van der Waals surface area contributed by atoms with Gasteiger partial charge in [0.05, 0.1) is 12.8 Å². The summed E-state index contributed by atoms with van der Waals surface area (Å²) < 4.78 is 61.9. The third-order valence-corrected chi connectivity index (χ3v) is 10.1. The summed E-state index contributed by atoms with van der Waals surface area (Å²) in [5.41, 5.74) is -2.62. The molecular formula is C11H18FN2O15P3. The summed E-state index contributed by atoms with van der Waals surface area (Å²) >= 11 is 0. The maximum Gasteiger partial charge on any atom is 0.479 e. The zero-order valence-corrected chi connectivity index (χ0v) is 18.3. The molecule has 17 nitrogen and oxygen atoms in total. The number of halogens is 1. The highest BCUT2D eigenvalue weighted by atomic mass is 31.3. The highest BCUT2D eigenvalue weighted by Gasteiger charge is 2.60. The lowest BCUT2D eigenvalue weighted by molar-refractivity contribution is -0.0546. The number of phosphoric ester groups is 1. The number of phosphoric acid groups is 1. The van der Waals surface area contributed by atoms with Crippen LogP contribution in [0.4, 0.5) is 4.39 Å². The third kappa shape index (κ3) is 5.34. The molecule has 2 rings (SSSR count). The van der Waals surface area contributed by atoms with Crippen LogP contribution in [0.15, 0.2) is 15.8 Å². The molecule has 1 aliphatic heterocycles. The molecule has 1 aromatic heterocycles. The van der Waals surface area contributed by atoms with Crippen molar-refractivity contribution in [3.8, 4) is 0 Å². The first-order valence-electron chi connectivity index (χ1n) is 8.13. The summed E-state index contributed by atoms with van der Waals surface area (Å²) in [5, 5.41) is 25.7. The fraction of sp³-hybridized carbons (Fsp3) is 0.636. The Bertz CT molecular complexity index is 1130. The van der Waals surface area contributed by atoms with Gasteiger partial charge in [0.25, 0.3) is 10.6 Å². The first kappa shape index (κ1) is 27.1. The van der Waals surface area contributed by atoms with Crippen LogP contribution in [-0.2, 0) is 27.3 Å². The highest BCUT2D eigenvalue weighted by Crippen LogP contribution is 2.74. The van der Waals surface area contributed by atoms with Gasteiger partial charge in [0, 0.05) is 0 Å². The molecule has 1 fully saturated rings. The second-order valence-corrected chi connectivity index (χ2v) is 12.6. The topological polar surface area (TPSA) is 275 Å². The van der Waals surface area contributed by atoms with Crippen molar-refractivity contribution in [1.29, 1.82) is 0 Å². The van der Waals surface area contributed by atoms with Crippen LogP contribution in [-0.4, -0.2) is 74.4 Å². The minimum absolute atomic E-state index is 0.167. The van der Waals surface area contributed by atoms with Gasteiger partial charge in [-0.1, -0.05) is 0 Å². The average molecular weight is 530 g/mol. The molecule has 1 aromatic rings. The van der Waals surface area contributed by atoms with E-state index >= 15 is 0 Å². The average Bonchev–Trinajstić information content (AvgIpc) is 2.89. The summed E-state index contributed by atoms with van der Waals surface area (Å²) in [6.07, 6.45) is -7.08. The molecule has 184 valence electrons. The molecule has 1 aliphatic rings. The summed E-state index contributed by atoms with van der Waals surface area (Å²) in [6, 6.07) is 0. The molecule has 0 aromatic carbocycles. The number of aliphatic hydroxyl groups is 3. The minimum Gasteiger partial charge on any atom is -0.387 e. The fourth-order valence-electron chi connectivity index (χ4n) is 2.32. The zero-order valence-electron chi connectivity index (χ0n) is 15.7. The molecule has 2 heterocycles. The molecule has 3 unspecified atom stereocenters. The lowest BCUT2D eigenvalue weighted by atomic mass is 10.1. The zero-order chi connectivity index (χ0) is 24.9. The normalized spacial score (nSPS) is 29.8. The smallest absolute Gasteiger partial charge is 0.387 e. The number of rotatable bonds is 8. The fourth-order valence-corrected chi connectivity index (χ4v) is 6.23. The molecule has 0 amide bonds. The van der Waals surface area contributed by atoms with E-state index in [0.29, 0.717) is 10.8 Å². The predicted molar refractivity (Wildman–Crippen MR) is 96.6 cm³/mol. The Balaban J connectivity index is 2.15. The van der Waals surface area contributed by atoms with Gasteiger partial charge >= 0.3 is 28.7 Å². The molecule has 1 saturated heterocycles. The Morgan fingerprint density at radius 3 is 2.28 bits per heavy atom. The van der Waals surface area contributed by atoms with Crippen LogP contribution >= 0.6 is 23.0 Å². The summed E-state index contributed by atoms with van der Waals surface area (Å²) in [5.74, 6) is -1.45. The van der Waals surface area contributed by atoms with Gasteiger partial charge in [-0.3, -0.25) is 28.0 Å². The van der Waals surface area contributed by atoms with Gasteiger partial charge in [0.1, 0.15) is 18.3 Å². The van der Waals surface area contributed by atoms with Crippen molar-refractivity contribution in [2.75, 3.05) is 6.61 Å². The van der Waals surface area contributed by atoms with E-state index in [-0.39, 0.29) is 6.92 Å². The Labute approximate surface area is 175 Å². The van der Waals surface area contributed by atoms with Crippen LogP contribution in [0.1, 0.15) is 13.2 Å². The Morgan fingerprint density at radius 2 is 1.75 bits per heavy atom. The lowest BCUT2D eigenvalue weighted by Crippen LogP contribution is -2.38. The van der Waals surface area contributed by atoms with E-state index in [1.807, 2.05) is 0 Å². The molecular weight excluding hydrogens is 512 g/mol. The van der Waals surface area contributed by atoms with E-state index in [9.17, 15) is 52.8 Å². The molecule has 8 N–H and O–H groups in total. The van der Waals surface area contributed by atoms with Crippen LogP contribution in [0, 0.1) is 5.82 Å². The van der Waals surface area contributed by atoms with E-state index in [4.69, 9.17) is 14.5 Å².